The van der Waals surface area contributed by atoms with Gasteiger partial charge in [0.1, 0.15) is 0 Å². The van der Waals surface area contributed by atoms with Crippen LogP contribution in [-0.2, 0) is 0 Å². The lowest BCUT2D eigenvalue weighted by atomic mass is 10.1. The monoisotopic (exact) mass is 190 g/mol. The van der Waals surface area contributed by atoms with E-state index >= 15 is 0 Å². The van der Waals surface area contributed by atoms with E-state index in [-0.39, 0.29) is 11.7 Å². The summed E-state index contributed by atoms with van der Waals surface area (Å²) in [5.74, 6) is -0.397. The Labute approximate surface area is 83.3 Å². The van der Waals surface area contributed by atoms with E-state index in [9.17, 15) is 9.59 Å². The molecule has 0 fully saturated rings. The third kappa shape index (κ3) is 2.19. The van der Waals surface area contributed by atoms with Crippen molar-refractivity contribution < 1.29 is 9.59 Å². The molecule has 0 unspecified atom stereocenters. The van der Waals surface area contributed by atoms with E-state index in [4.69, 9.17) is 0 Å². The molecule has 0 saturated carbocycles. The highest BCUT2D eigenvalue weighted by Crippen LogP contribution is 2.07. The normalized spacial score (nSPS) is 9.64. The van der Waals surface area contributed by atoms with Crippen LogP contribution in [0.3, 0.4) is 0 Å². The van der Waals surface area contributed by atoms with Crippen molar-refractivity contribution in [2.75, 3.05) is 14.1 Å². The summed E-state index contributed by atoms with van der Waals surface area (Å²) in [6.07, 6.45) is 0. The summed E-state index contributed by atoms with van der Waals surface area (Å²) in [6.45, 7) is 3.29. The van der Waals surface area contributed by atoms with Gasteiger partial charge in [-0.05, 0) is 12.1 Å². The van der Waals surface area contributed by atoms with E-state index < -0.39 is 0 Å². The Kier molecular flexibility index (Phi) is 3.02. The van der Waals surface area contributed by atoms with Gasteiger partial charge >= 0.3 is 0 Å². The average molecular weight is 190 g/mol. The molecule has 0 heterocycles. The van der Waals surface area contributed by atoms with Gasteiger partial charge in [0.05, 0.1) is 0 Å². The van der Waals surface area contributed by atoms with Crippen LogP contribution in [0.1, 0.15) is 20.7 Å². The van der Waals surface area contributed by atoms with E-state index in [1.54, 1.807) is 38.4 Å². The van der Waals surface area contributed by atoms with Gasteiger partial charge in [-0.2, -0.15) is 0 Å². The Balaban J connectivity index is 3.06. The number of carbonyl (C=O) groups is 2. The molecule has 0 bridgehead atoms. The zero-order valence-corrected chi connectivity index (χ0v) is 8.28. The largest absolute Gasteiger partial charge is 0.345 e. The number of amides is 1. The van der Waals surface area contributed by atoms with Crippen LogP contribution < -0.4 is 0 Å². The topological polar surface area (TPSA) is 37.4 Å². The highest BCUT2D eigenvalue weighted by Gasteiger charge is 2.09. The molecular formula is C11H12NO2. The molecule has 1 radical (unpaired) electrons. The molecule has 0 aliphatic carbocycles. The smallest absolute Gasteiger partial charge is 0.253 e. The first-order valence-corrected chi connectivity index (χ1v) is 4.20. The Hall–Kier alpha value is -1.64. The maximum Gasteiger partial charge on any atom is 0.253 e. The molecule has 1 aromatic rings. The molecule has 0 N–H and O–H groups in total. The van der Waals surface area contributed by atoms with Gasteiger partial charge in [0.25, 0.3) is 5.91 Å². The van der Waals surface area contributed by atoms with Gasteiger partial charge in [-0.1, -0.05) is 12.1 Å². The van der Waals surface area contributed by atoms with Gasteiger partial charge in [-0.15, -0.1) is 0 Å². The number of nitrogens with zero attached hydrogens (tertiary/aromatic N) is 1. The summed E-state index contributed by atoms with van der Waals surface area (Å²) in [6, 6.07) is 6.54. The first kappa shape index (κ1) is 10.4. The second-order valence-electron chi connectivity index (χ2n) is 3.20. The predicted octanol–water partition coefficient (Wildman–Crippen LogP) is 1.41. The van der Waals surface area contributed by atoms with Crippen molar-refractivity contribution in [2.24, 2.45) is 0 Å². The van der Waals surface area contributed by atoms with Crippen LogP contribution in [0, 0.1) is 6.92 Å². The fourth-order valence-corrected chi connectivity index (χ4v) is 1.08. The molecule has 0 saturated heterocycles. The van der Waals surface area contributed by atoms with Crippen molar-refractivity contribution >= 4 is 11.7 Å². The van der Waals surface area contributed by atoms with Gasteiger partial charge in [0.15, 0.2) is 5.78 Å². The Morgan fingerprint density at radius 2 is 1.79 bits per heavy atom. The molecule has 3 nitrogen and oxygen atoms in total. The Bertz CT molecular complexity index is 369. The number of benzene rings is 1. The van der Waals surface area contributed by atoms with Gasteiger partial charge in [0, 0.05) is 32.1 Å². The highest BCUT2D eigenvalue weighted by molar-refractivity contribution is 6.02. The maximum absolute atomic E-state index is 11.5. The summed E-state index contributed by atoms with van der Waals surface area (Å²) >= 11 is 0. The summed E-state index contributed by atoms with van der Waals surface area (Å²) in [4.78, 5) is 23.9. The first-order valence-electron chi connectivity index (χ1n) is 4.20. The number of carbonyl (C=O) groups excluding carboxylic acids is 2. The minimum atomic E-state index is -0.279. The molecule has 0 aliphatic heterocycles. The van der Waals surface area contributed by atoms with Crippen molar-refractivity contribution in [3.8, 4) is 0 Å². The summed E-state index contributed by atoms with van der Waals surface area (Å²) in [7, 11) is 3.34. The van der Waals surface area contributed by atoms with Crippen molar-refractivity contribution in [3.05, 3.63) is 42.3 Å². The van der Waals surface area contributed by atoms with Crippen LogP contribution in [0.25, 0.3) is 0 Å². The molecule has 0 spiro atoms. The number of hydrogen-bond acceptors (Lipinski definition) is 2. The van der Waals surface area contributed by atoms with Gasteiger partial charge < -0.3 is 4.90 Å². The van der Waals surface area contributed by atoms with Crippen LogP contribution in [0.2, 0.25) is 0 Å². The lowest BCUT2D eigenvalue weighted by Gasteiger charge is -2.10. The molecule has 73 valence electrons. The van der Waals surface area contributed by atoms with Crippen molar-refractivity contribution in [1.82, 2.24) is 4.90 Å². The zero-order valence-electron chi connectivity index (χ0n) is 8.28. The van der Waals surface area contributed by atoms with Crippen molar-refractivity contribution in [2.45, 2.75) is 0 Å². The Morgan fingerprint density at radius 3 is 2.29 bits per heavy atom. The molecule has 1 rings (SSSR count). The average Bonchev–Trinajstić information content (AvgIpc) is 2.16. The minimum Gasteiger partial charge on any atom is -0.345 e. The molecule has 1 aromatic carbocycles. The number of Topliss-reactive ketones (excluding diaryl/α,β-unsaturated/α-hetero) is 1. The maximum atomic E-state index is 11.5. The molecule has 0 atom stereocenters. The molecule has 0 aromatic heterocycles. The molecule has 3 heteroatoms. The van der Waals surface area contributed by atoms with Crippen LogP contribution in [0.15, 0.2) is 24.3 Å². The third-order valence-corrected chi connectivity index (χ3v) is 1.84. The Morgan fingerprint density at radius 1 is 1.21 bits per heavy atom. The second kappa shape index (κ2) is 4.05. The van der Waals surface area contributed by atoms with E-state index in [0.29, 0.717) is 11.1 Å². The number of ketones is 1. The van der Waals surface area contributed by atoms with Gasteiger partial charge in [-0.3, -0.25) is 9.59 Å². The quantitative estimate of drug-likeness (QED) is 0.661. The van der Waals surface area contributed by atoms with E-state index in [2.05, 4.69) is 6.92 Å². The van der Waals surface area contributed by atoms with Crippen molar-refractivity contribution in [3.63, 3.8) is 0 Å². The van der Waals surface area contributed by atoms with Crippen LogP contribution in [0.4, 0.5) is 0 Å². The second-order valence-corrected chi connectivity index (χ2v) is 3.20. The molecule has 0 aliphatic rings. The lowest BCUT2D eigenvalue weighted by molar-refractivity contribution is 0.0827. The lowest BCUT2D eigenvalue weighted by Crippen LogP contribution is -2.21. The third-order valence-electron chi connectivity index (χ3n) is 1.84. The van der Waals surface area contributed by atoms with Gasteiger partial charge in [0.2, 0.25) is 0 Å². The van der Waals surface area contributed by atoms with Crippen LogP contribution in [0.5, 0.6) is 0 Å². The summed E-state index contributed by atoms with van der Waals surface area (Å²) in [5, 5.41) is 0. The minimum absolute atomic E-state index is 0.117. The fourth-order valence-electron chi connectivity index (χ4n) is 1.08. The van der Waals surface area contributed by atoms with E-state index in [1.807, 2.05) is 0 Å². The summed E-state index contributed by atoms with van der Waals surface area (Å²) < 4.78 is 0. The molecule has 14 heavy (non-hydrogen) atoms. The number of rotatable bonds is 2. The summed E-state index contributed by atoms with van der Waals surface area (Å²) in [5.41, 5.74) is 0.960. The predicted molar refractivity (Wildman–Crippen MR) is 54.1 cm³/mol. The van der Waals surface area contributed by atoms with E-state index in [0.717, 1.165) is 0 Å². The van der Waals surface area contributed by atoms with E-state index in [1.165, 1.54) is 4.90 Å². The van der Waals surface area contributed by atoms with Crippen LogP contribution >= 0.6 is 0 Å². The molecule has 1 amide bonds. The SMILES string of the molecule is [CH2]C(=O)c1cccc(C(=O)N(C)C)c1. The fraction of sp³-hybridized carbons (Fsp3) is 0.182. The van der Waals surface area contributed by atoms with Crippen LogP contribution in [-0.4, -0.2) is 30.7 Å². The number of hydrogen-bond donors (Lipinski definition) is 0. The van der Waals surface area contributed by atoms with Crippen molar-refractivity contribution in [1.29, 1.82) is 0 Å². The van der Waals surface area contributed by atoms with Gasteiger partial charge in [-0.25, -0.2) is 0 Å². The molecular weight excluding hydrogens is 178 g/mol. The zero-order chi connectivity index (χ0) is 10.7. The standard InChI is InChI=1S/C11H12NO2/c1-8(13)9-5-4-6-10(7-9)11(14)12(2)3/h4-7H,1H2,2-3H3. The highest BCUT2D eigenvalue weighted by atomic mass is 16.2. The first-order chi connectivity index (χ1) is 6.52.